The molecule has 0 saturated heterocycles. The molecule has 0 bridgehead atoms. The molecule has 0 aliphatic carbocycles. The third kappa shape index (κ3) is 2.09. The van der Waals surface area contributed by atoms with Crippen molar-refractivity contribution in [2.45, 2.75) is 0 Å². The number of hydrogen-bond donors (Lipinski definition) is 0. The average molecular weight is 217 g/mol. The van der Waals surface area contributed by atoms with Crippen LogP contribution in [-0.4, -0.2) is 15.0 Å². The van der Waals surface area contributed by atoms with Gasteiger partial charge in [0.2, 0.25) is 5.28 Å². The molecule has 4 nitrogen and oxygen atoms in total. The molecule has 2 aromatic rings. The van der Waals surface area contributed by atoms with Gasteiger partial charge in [0, 0.05) is 24.2 Å². The van der Waals surface area contributed by atoms with Crippen molar-refractivity contribution in [2.75, 3.05) is 0 Å². The van der Waals surface area contributed by atoms with E-state index in [4.69, 9.17) is 16.9 Å². The molecular weight excluding hydrogens is 212 g/mol. The normalized spacial score (nSPS) is 9.60. The number of nitriles is 1. The number of aromatic nitrogens is 3. The van der Waals surface area contributed by atoms with E-state index in [-0.39, 0.29) is 5.28 Å². The van der Waals surface area contributed by atoms with Gasteiger partial charge in [-0.25, -0.2) is 9.97 Å². The van der Waals surface area contributed by atoms with Crippen LogP contribution in [0.15, 0.2) is 30.7 Å². The maximum Gasteiger partial charge on any atom is 0.222 e. The molecule has 0 aromatic carbocycles. The maximum atomic E-state index is 8.71. The standard InChI is InChI=1S/C10H5ClN4/c11-10-14-2-1-9(15-10)8-3-7(4-12)5-13-6-8/h1-3,5-6H. The van der Waals surface area contributed by atoms with Crippen LogP contribution in [-0.2, 0) is 0 Å². The van der Waals surface area contributed by atoms with E-state index in [1.165, 1.54) is 6.20 Å². The molecule has 0 unspecified atom stereocenters. The van der Waals surface area contributed by atoms with E-state index >= 15 is 0 Å². The summed E-state index contributed by atoms with van der Waals surface area (Å²) in [5, 5.41) is 8.89. The summed E-state index contributed by atoms with van der Waals surface area (Å²) in [4.78, 5) is 11.7. The number of hydrogen-bond acceptors (Lipinski definition) is 4. The highest BCUT2D eigenvalue weighted by Gasteiger charge is 2.02. The molecule has 72 valence electrons. The highest BCUT2D eigenvalue weighted by molar-refractivity contribution is 6.28. The third-order valence-corrected chi connectivity index (χ3v) is 1.97. The van der Waals surface area contributed by atoms with Gasteiger partial charge < -0.3 is 0 Å². The van der Waals surface area contributed by atoms with Crippen LogP contribution < -0.4 is 0 Å². The van der Waals surface area contributed by atoms with Crippen molar-refractivity contribution in [2.24, 2.45) is 0 Å². The second kappa shape index (κ2) is 4.03. The van der Waals surface area contributed by atoms with Gasteiger partial charge in [0.15, 0.2) is 0 Å². The maximum absolute atomic E-state index is 8.71. The molecule has 0 saturated carbocycles. The summed E-state index contributed by atoms with van der Waals surface area (Å²) in [6, 6.07) is 5.43. The topological polar surface area (TPSA) is 62.5 Å². The molecule has 0 spiro atoms. The van der Waals surface area contributed by atoms with E-state index in [2.05, 4.69) is 15.0 Å². The van der Waals surface area contributed by atoms with E-state index < -0.39 is 0 Å². The molecule has 0 aliphatic rings. The lowest BCUT2D eigenvalue weighted by Crippen LogP contribution is -1.88. The zero-order valence-corrected chi connectivity index (χ0v) is 8.31. The molecule has 0 atom stereocenters. The predicted octanol–water partition coefficient (Wildman–Crippen LogP) is 2.06. The van der Waals surface area contributed by atoms with Crippen LogP contribution in [0.25, 0.3) is 11.3 Å². The first-order valence-electron chi connectivity index (χ1n) is 4.13. The van der Waals surface area contributed by atoms with Crippen molar-refractivity contribution in [3.05, 3.63) is 41.6 Å². The summed E-state index contributed by atoms with van der Waals surface area (Å²) in [5.41, 5.74) is 1.89. The monoisotopic (exact) mass is 216 g/mol. The van der Waals surface area contributed by atoms with Gasteiger partial charge in [0.05, 0.1) is 11.3 Å². The van der Waals surface area contributed by atoms with Crippen LogP contribution in [0.4, 0.5) is 0 Å². The van der Waals surface area contributed by atoms with Gasteiger partial charge in [-0.2, -0.15) is 5.26 Å². The second-order valence-electron chi connectivity index (χ2n) is 2.79. The van der Waals surface area contributed by atoms with E-state index in [0.717, 1.165) is 5.56 Å². The molecule has 2 aromatic heterocycles. The van der Waals surface area contributed by atoms with E-state index in [0.29, 0.717) is 11.3 Å². The summed E-state index contributed by atoms with van der Waals surface area (Å²) >= 11 is 5.66. The van der Waals surface area contributed by atoms with E-state index in [1.807, 2.05) is 6.07 Å². The minimum absolute atomic E-state index is 0.176. The Labute approximate surface area is 91.2 Å². The predicted molar refractivity (Wildman–Crippen MR) is 55.0 cm³/mol. The fourth-order valence-electron chi connectivity index (χ4n) is 1.14. The fourth-order valence-corrected chi connectivity index (χ4v) is 1.28. The minimum Gasteiger partial charge on any atom is -0.263 e. The Morgan fingerprint density at radius 2 is 2.20 bits per heavy atom. The number of rotatable bonds is 1. The summed E-state index contributed by atoms with van der Waals surface area (Å²) in [6.07, 6.45) is 4.68. The molecule has 0 radical (unpaired) electrons. The van der Waals surface area contributed by atoms with Crippen molar-refractivity contribution < 1.29 is 0 Å². The first-order chi connectivity index (χ1) is 7.29. The number of pyridine rings is 1. The Morgan fingerprint density at radius 3 is 2.93 bits per heavy atom. The third-order valence-electron chi connectivity index (χ3n) is 1.79. The highest BCUT2D eigenvalue weighted by Crippen LogP contribution is 2.17. The van der Waals surface area contributed by atoms with Crippen LogP contribution in [0.1, 0.15) is 5.56 Å². The zero-order chi connectivity index (χ0) is 10.7. The van der Waals surface area contributed by atoms with Gasteiger partial charge in [0.25, 0.3) is 0 Å². The van der Waals surface area contributed by atoms with E-state index in [1.54, 1.807) is 24.5 Å². The summed E-state index contributed by atoms with van der Waals surface area (Å²) < 4.78 is 0. The molecule has 5 heteroatoms. The lowest BCUT2D eigenvalue weighted by Gasteiger charge is -1.99. The first kappa shape index (κ1) is 9.56. The summed E-state index contributed by atoms with van der Waals surface area (Å²) in [7, 11) is 0. The minimum atomic E-state index is 0.176. The largest absolute Gasteiger partial charge is 0.263 e. The number of halogens is 1. The van der Waals surface area contributed by atoms with Gasteiger partial charge in [-0.15, -0.1) is 0 Å². The smallest absolute Gasteiger partial charge is 0.222 e. The molecule has 0 aliphatic heterocycles. The van der Waals surface area contributed by atoms with Gasteiger partial charge in [-0.3, -0.25) is 4.98 Å². The molecule has 2 rings (SSSR count). The summed E-state index contributed by atoms with van der Waals surface area (Å²) in [5.74, 6) is 0. The Hall–Kier alpha value is -1.99. The molecular formula is C10H5ClN4. The quantitative estimate of drug-likeness (QED) is 0.685. The Morgan fingerprint density at radius 1 is 1.33 bits per heavy atom. The van der Waals surface area contributed by atoms with Crippen molar-refractivity contribution in [1.82, 2.24) is 15.0 Å². The van der Waals surface area contributed by atoms with Crippen molar-refractivity contribution in [1.29, 1.82) is 5.26 Å². The van der Waals surface area contributed by atoms with Crippen LogP contribution in [0.5, 0.6) is 0 Å². The van der Waals surface area contributed by atoms with Crippen LogP contribution in [0.2, 0.25) is 5.28 Å². The molecule has 0 amide bonds. The SMILES string of the molecule is N#Cc1cncc(-c2ccnc(Cl)n2)c1. The average Bonchev–Trinajstić information content (AvgIpc) is 2.29. The Balaban J connectivity index is 2.50. The van der Waals surface area contributed by atoms with Gasteiger partial charge in [-0.05, 0) is 23.7 Å². The van der Waals surface area contributed by atoms with Gasteiger partial charge in [0.1, 0.15) is 6.07 Å². The zero-order valence-electron chi connectivity index (χ0n) is 7.55. The second-order valence-corrected chi connectivity index (χ2v) is 3.12. The molecule has 15 heavy (non-hydrogen) atoms. The van der Waals surface area contributed by atoms with Crippen LogP contribution >= 0.6 is 11.6 Å². The van der Waals surface area contributed by atoms with Gasteiger partial charge >= 0.3 is 0 Å². The first-order valence-corrected chi connectivity index (χ1v) is 4.51. The van der Waals surface area contributed by atoms with Crippen molar-refractivity contribution in [3.8, 4) is 17.3 Å². The molecule has 0 fully saturated rings. The van der Waals surface area contributed by atoms with Gasteiger partial charge in [-0.1, -0.05) is 0 Å². The summed E-state index contributed by atoms with van der Waals surface area (Å²) in [6.45, 7) is 0. The lowest BCUT2D eigenvalue weighted by molar-refractivity contribution is 1.16. The number of nitrogens with zero attached hydrogens (tertiary/aromatic N) is 4. The molecule has 2 heterocycles. The Kier molecular flexibility index (Phi) is 2.57. The highest BCUT2D eigenvalue weighted by atomic mass is 35.5. The van der Waals surface area contributed by atoms with Crippen LogP contribution in [0.3, 0.4) is 0 Å². The molecule has 0 N–H and O–H groups in total. The van der Waals surface area contributed by atoms with E-state index in [9.17, 15) is 0 Å². The van der Waals surface area contributed by atoms with Crippen LogP contribution in [0, 0.1) is 11.3 Å². The Bertz CT molecular complexity index is 533. The van der Waals surface area contributed by atoms with Crippen molar-refractivity contribution >= 4 is 11.6 Å². The lowest BCUT2D eigenvalue weighted by atomic mass is 10.1. The fraction of sp³-hybridized carbons (Fsp3) is 0. The van der Waals surface area contributed by atoms with Crippen molar-refractivity contribution in [3.63, 3.8) is 0 Å².